The second-order valence-corrected chi connectivity index (χ2v) is 5.82. The topological polar surface area (TPSA) is 21.1 Å². The van der Waals surface area contributed by atoms with E-state index in [9.17, 15) is 0 Å². The quantitative estimate of drug-likeness (QED) is 0.852. The zero-order valence-corrected chi connectivity index (χ0v) is 13.2. The molecular formula is C16H24ClN3. The summed E-state index contributed by atoms with van der Waals surface area (Å²) in [6, 6.07) is 8.95. The molecule has 4 heteroatoms. The largest absolute Gasteiger partial charge is 0.324 e. The van der Waals surface area contributed by atoms with Gasteiger partial charge in [-0.15, -0.1) is 12.4 Å². The SMILES string of the molecule is CC(C)n1c(CN2CCCCC2)nc2ccccc21.Cl. The first-order valence-corrected chi connectivity index (χ1v) is 7.44. The maximum atomic E-state index is 4.85. The highest BCUT2D eigenvalue weighted by atomic mass is 35.5. The first-order chi connectivity index (χ1) is 9.25. The third kappa shape index (κ3) is 2.99. The summed E-state index contributed by atoms with van der Waals surface area (Å²) in [5.74, 6) is 1.22. The molecule has 0 radical (unpaired) electrons. The molecule has 0 unspecified atom stereocenters. The van der Waals surface area contributed by atoms with Gasteiger partial charge in [-0.1, -0.05) is 18.6 Å². The summed E-state index contributed by atoms with van der Waals surface area (Å²) in [5, 5.41) is 0. The van der Waals surface area contributed by atoms with Crippen molar-refractivity contribution in [2.75, 3.05) is 13.1 Å². The number of piperidine rings is 1. The molecule has 1 aliphatic rings. The minimum absolute atomic E-state index is 0. The molecule has 0 amide bonds. The molecule has 3 rings (SSSR count). The van der Waals surface area contributed by atoms with Crippen molar-refractivity contribution in [2.45, 2.75) is 45.7 Å². The van der Waals surface area contributed by atoms with Gasteiger partial charge in [0.25, 0.3) is 0 Å². The van der Waals surface area contributed by atoms with Crippen LogP contribution < -0.4 is 0 Å². The molecule has 110 valence electrons. The molecule has 0 bridgehead atoms. The lowest BCUT2D eigenvalue weighted by Gasteiger charge is -2.26. The van der Waals surface area contributed by atoms with E-state index in [2.05, 4.69) is 47.6 Å². The van der Waals surface area contributed by atoms with E-state index < -0.39 is 0 Å². The maximum Gasteiger partial charge on any atom is 0.124 e. The molecule has 1 aliphatic heterocycles. The van der Waals surface area contributed by atoms with Crippen LogP contribution in [0.25, 0.3) is 11.0 Å². The molecule has 2 heterocycles. The number of hydrogen-bond donors (Lipinski definition) is 0. The van der Waals surface area contributed by atoms with Crippen LogP contribution in [0.4, 0.5) is 0 Å². The van der Waals surface area contributed by atoms with Crippen LogP contribution in [0.5, 0.6) is 0 Å². The summed E-state index contributed by atoms with van der Waals surface area (Å²) in [4.78, 5) is 7.39. The van der Waals surface area contributed by atoms with Gasteiger partial charge in [-0.2, -0.15) is 0 Å². The van der Waals surface area contributed by atoms with Crippen molar-refractivity contribution in [1.82, 2.24) is 14.5 Å². The smallest absolute Gasteiger partial charge is 0.124 e. The van der Waals surface area contributed by atoms with Crippen LogP contribution in [0.15, 0.2) is 24.3 Å². The Morgan fingerprint density at radius 3 is 2.50 bits per heavy atom. The number of likely N-dealkylation sites (tertiary alicyclic amines) is 1. The van der Waals surface area contributed by atoms with Crippen molar-refractivity contribution in [3.8, 4) is 0 Å². The molecule has 1 aromatic heterocycles. The van der Waals surface area contributed by atoms with Gasteiger partial charge in [0, 0.05) is 6.04 Å². The lowest BCUT2D eigenvalue weighted by Crippen LogP contribution is -2.30. The van der Waals surface area contributed by atoms with E-state index in [1.54, 1.807) is 0 Å². The fraction of sp³-hybridized carbons (Fsp3) is 0.562. The monoisotopic (exact) mass is 293 g/mol. The van der Waals surface area contributed by atoms with E-state index in [1.807, 2.05) is 0 Å². The third-order valence-electron chi connectivity index (χ3n) is 4.00. The van der Waals surface area contributed by atoms with E-state index in [-0.39, 0.29) is 12.4 Å². The molecule has 3 nitrogen and oxygen atoms in total. The normalized spacial score (nSPS) is 16.6. The van der Waals surface area contributed by atoms with E-state index in [0.29, 0.717) is 6.04 Å². The number of benzene rings is 1. The van der Waals surface area contributed by atoms with Crippen LogP contribution in [-0.4, -0.2) is 27.5 Å². The van der Waals surface area contributed by atoms with Crippen molar-refractivity contribution in [3.63, 3.8) is 0 Å². The number of imidazole rings is 1. The summed E-state index contributed by atoms with van der Waals surface area (Å²) in [5.41, 5.74) is 2.40. The van der Waals surface area contributed by atoms with Gasteiger partial charge < -0.3 is 4.57 Å². The Morgan fingerprint density at radius 2 is 1.80 bits per heavy atom. The summed E-state index contributed by atoms with van der Waals surface area (Å²) in [6.45, 7) is 7.93. The van der Waals surface area contributed by atoms with Gasteiger partial charge in [0.05, 0.1) is 17.6 Å². The Kier molecular flexibility index (Phi) is 5.06. The van der Waals surface area contributed by atoms with E-state index in [4.69, 9.17) is 4.98 Å². The zero-order chi connectivity index (χ0) is 13.2. The van der Waals surface area contributed by atoms with Crippen LogP contribution in [-0.2, 0) is 6.54 Å². The van der Waals surface area contributed by atoms with Crippen LogP contribution in [0.1, 0.15) is 45.0 Å². The molecule has 1 saturated heterocycles. The molecule has 1 aromatic carbocycles. The summed E-state index contributed by atoms with van der Waals surface area (Å²) in [7, 11) is 0. The Hall–Kier alpha value is -1.06. The molecule has 0 aliphatic carbocycles. The fourth-order valence-electron chi connectivity index (χ4n) is 3.10. The van der Waals surface area contributed by atoms with E-state index >= 15 is 0 Å². The Labute approximate surface area is 127 Å². The van der Waals surface area contributed by atoms with Crippen molar-refractivity contribution < 1.29 is 0 Å². The summed E-state index contributed by atoms with van der Waals surface area (Å²) >= 11 is 0. The van der Waals surface area contributed by atoms with Gasteiger partial charge in [-0.3, -0.25) is 4.90 Å². The van der Waals surface area contributed by atoms with Crippen LogP contribution in [0.2, 0.25) is 0 Å². The van der Waals surface area contributed by atoms with Crippen LogP contribution in [0.3, 0.4) is 0 Å². The molecule has 0 N–H and O–H groups in total. The lowest BCUT2D eigenvalue weighted by molar-refractivity contribution is 0.212. The van der Waals surface area contributed by atoms with Crippen molar-refractivity contribution in [3.05, 3.63) is 30.1 Å². The van der Waals surface area contributed by atoms with Gasteiger partial charge >= 0.3 is 0 Å². The molecule has 2 aromatic rings. The van der Waals surface area contributed by atoms with Gasteiger partial charge in [-0.05, 0) is 51.9 Å². The Morgan fingerprint density at radius 1 is 1.10 bits per heavy atom. The van der Waals surface area contributed by atoms with Crippen molar-refractivity contribution in [2.24, 2.45) is 0 Å². The minimum atomic E-state index is 0. The number of hydrogen-bond acceptors (Lipinski definition) is 2. The van der Waals surface area contributed by atoms with E-state index in [1.165, 1.54) is 43.7 Å². The number of nitrogens with zero attached hydrogens (tertiary/aromatic N) is 3. The average Bonchev–Trinajstić information content (AvgIpc) is 2.77. The predicted molar refractivity (Wildman–Crippen MR) is 86.5 cm³/mol. The second kappa shape index (κ2) is 6.59. The minimum Gasteiger partial charge on any atom is -0.324 e. The number of para-hydroxylation sites is 2. The summed E-state index contributed by atoms with van der Waals surface area (Å²) < 4.78 is 2.39. The number of aromatic nitrogens is 2. The summed E-state index contributed by atoms with van der Waals surface area (Å²) in [6.07, 6.45) is 4.06. The molecule has 0 saturated carbocycles. The fourth-order valence-corrected chi connectivity index (χ4v) is 3.10. The second-order valence-electron chi connectivity index (χ2n) is 5.82. The van der Waals surface area contributed by atoms with Crippen LogP contribution >= 0.6 is 12.4 Å². The number of rotatable bonds is 3. The first-order valence-electron chi connectivity index (χ1n) is 7.44. The molecule has 20 heavy (non-hydrogen) atoms. The average molecular weight is 294 g/mol. The van der Waals surface area contributed by atoms with Gasteiger partial charge in [0.15, 0.2) is 0 Å². The Bertz CT molecular complexity index is 556. The molecule has 0 spiro atoms. The highest BCUT2D eigenvalue weighted by Gasteiger charge is 2.17. The highest BCUT2D eigenvalue weighted by Crippen LogP contribution is 2.22. The highest BCUT2D eigenvalue weighted by molar-refractivity contribution is 5.85. The zero-order valence-electron chi connectivity index (χ0n) is 12.4. The Balaban J connectivity index is 0.00000147. The third-order valence-corrected chi connectivity index (χ3v) is 4.00. The van der Waals surface area contributed by atoms with E-state index in [0.717, 1.165) is 12.1 Å². The standard InChI is InChI=1S/C16H23N3.ClH/c1-13(2)19-15-9-5-4-8-14(15)17-16(19)12-18-10-6-3-7-11-18;/h4-5,8-9,13H,3,6-7,10-12H2,1-2H3;1H. The van der Waals surface area contributed by atoms with Crippen LogP contribution in [0, 0.1) is 0 Å². The molecular weight excluding hydrogens is 270 g/mol. The van der Waals surface area contributed by atoms with Gasteiger partial charge in [0.1, 0.15) is 5.82 Å². The molecule has 0 atom stereocenters. The number of halogens is 1. The molecule has 1 fully saturated rings. The first kappa shape index (κ1) is 15.3. The number of fused-ring (bicyclic) bond motifs is 1. The van der Waals surface area contributed by atoms with Crippen molar-refractivity contribution >= 4 is 23.4 Å². The predicted octanol–water partition coefficient (Wildman–Crippen LogP) is 4.02. The van der Waals surface area contributed by atoms with Crippen molar-refractivity contribution in [1.29, 1.82) is 0 Å². The van der Waals surface area contributed by atoms with Gasteiger partial charge in [-0.25, -0.2) is 4.98 Å². The maximum absolute atomic E-state index is 4.85. The van der Waals surface area contributed by atoms with Gasteiger partial charge in [0.2, 0.25) is 0 Å². The lowest BCUT2D eigenvalue weighted by atomic mass is 10.1.